The number of amides is 1. The number of nitrogens with two attached hydrogens (primary N) is 1. The summed E-state index contributed by atoms with van der Waals surface area (Å²) in [7, 11) is 1.50. The van der Waals surface area contributed by atoms with Crippen LogP contribution in [0.1, 0.15) is 5.56 Å². The van der Waals surface area contributed by atoms with E-state index in [0.717, 1.165) is 10.0 Å². The molecule has 1 atom stereocenters. The van der Waals surface area contributed by atoms with Crippen LogP contribution in [0.25, 0.3) is 0 Å². The number of carbonyl (C=O) groups excluding carboxylic acids is 1. The van der Waals surface area contributed by atoms with E-state index >= 15 is 0 Å². The summed E-state index contributed by atoms with van der Waals surface area (Å²) in [4.78, 5) is 11.3. The van der Waals surface area contributed by atoms with Crippen molar-refractivity contribution in [2.75, 3.05) is 13.7 Å². The molecule has 0 saturated heterocycles. The minimum Gasteiger partial charge on any atom is -0.381 e. The van der Waals surface area contributed by atoms with Gasteiger partial charge in [0.1, 0.15) is 0 Å². The monoisotopic (exact) mass is 302 g/mol. The summed E-state index contributed by atoms with van der Waals surface area (Å²) in [5, 5.41) is 0. The van der Waals surface area contributed by atoms with Crippen LogP contribution in [0.5, 0.6) is 0 Å². The number of nitrogens with one attached hydrogen (secondary N) is 1. The Morgan fingerprint density at radius 3 is 2.94 bits per heavy atom. The molecule has 17 heavy (non-hydrogen) atoms. The number of carbonyl (C=O) groups is 1. The Hall–Kier alpha value is -0.950. The third-order valence-electron chi connectivity index (χ3n) is 2.09. The largest absolute Gasteiger partial charge is 0.381 e. The quantitative estimate of drug-likeness (QED) is 0.466. The standard InChI is InChI=1S/C11H15BrN2O3/c1-16-7-10(11(15)14-13)17-6-8-3-2-4-9(12)5-8/h2-5,10H,6-7,13H2,1H3,(H,14,15). The molecule has 0 aliphatic carbocycles. The molecule has 94 valence electrons. The Balaban J connectivity index is 2.54. The first kappa shape index (κ1) is 14.1. The molecular formula is C11H15BrN2O3. The van der Waals surface area contributed by atoms with Crippen molar-refractivity contribution in [3.05, 3.63) is 34.3 Å². The second-order valence-electron chi connectivity index (χ2n) is 3.39. The highest BCUT2D eigenvalue weighted by Crippen LogP contribution is 2.13. The van der Waals surface area contributed by atoms with Gasteiger partial charge in [0.2, 0.25) is 0 Å². The zero-order chi connectivity index (χ0) is 12.7. The zero-order valence-corrected chi connectivity index (χ0v) is 11.1. The van der Waals surface area contributed by atoms with Gasteiger partial charge in [-0.15, -0.1) is 0 Å². The van der Waals surface area contributed by atoms with Gasteiger partial charge in [-0.2, -0.15) is 0 Å². The van der Waals surface area contributed by atoms with Crippen LogP contribution in [0, 0.1) is 0 Å². The summed E-state index contributed by atoms with van der Waals surface area (Å²) in [6.45, 7) is 0.484. The van der Waals surface area contributed by atoms with Crippen LogP contribution in [-0.2, 0) is 20.9 Å². The number of hydrogen-bond acceptors (Lipinski definition) is 4. The summed E-state index contributed by atoms with van der Waals surface area (Å²) in [6, 6.07) is 7.65. The Labute approximate surface area is 108 Å². The molecule has 1 rings (SSSR count). The van der Waals surface area contributed by atoms with Gasteiger partial charge in [0.05, 0.1) is 13.2 Å². The van der Waals surface area contributed by atoms with Crippen molar-refractivity contribution in [3.8, 4) is 0 Å². The van der Waals surface area contributed by atoms with E-state index in [0.29, 0.717) is 6.61 Å². The molecule has 6 heteroatoms. The summed E-state index contributed by atoms with van der Waals surface area (Å²) in [5.41, 5.74) is 3.01. The fraction of sp³-hybridized carbons (Fsp3) is 0.364. The average molecular weight is 303 g/mol. The van der Waals surface area contributed by atoms with E-state index in [9.17, 15) is 4.79 Å². The van der Waals surface area contributed by atoms with E-state index in [4.69, 9.17) is 15.3 Å². The van der Waals surface area contributed by atoms with E-state index < -0.39 is 12.0 Å². The number of hydrazine groups is 1. The molecule has 0 spiro atoms. The number of benzene rings is 1. The third-order valence-corrected chi connectivity index (χ3v) is 2.59. The lowest BCUT2D eigenvalue weighted by Gasteiger charge is -2.15. The van der Waals surface area contributed by atoms with E-state index in [2.05, 4.69) is 15.9 Å². The number of methoxy groups -OCH3 is 1. The average Bonchev–Trinajstić information content (AvgIpc) is 2.33. The predicted molar refractivity (Wildman–Crippen MR) is 66.9 cm³/mol. The summed E-state index contributed by atoms with van der Waals surface area (Å²) in [6.07, 6.45) is -0.705. The van der Waals surface area contributed by atoms with Crippen LogP contribution >= 0.6 is 15.9 Å². The molecule has 1 unspecified atom stereocenters. The SMILES string of the molecule is COCC(OCc1cccc(Br)c1)C(=O)NN. The highest BCUT2D eigenvalue weighted by atomic mass is 79.9. The molecule has 0 fully saturated rings. The number of halogens is 1. The maximum absolute atomic E-state index is 11.3. The molecule has 0 aromatic heterocycles. The van der Waals surface area contributed by atoms with Crippen molar-refractivity contribution in [2.24, 2.45) is 5.84 Å². The van der Waals surface area contributed by atoms with Gasteiger partial charge in [-0.25, -0.2) is 5.84 Å². The fourth-order valence-corrected chi connectivity index (χ4v) is 1.71. The zero-order valence-electron chi connectivity index (χ0n) is 9.48. The van der Waals surface area contributed by atoms with Gasteiger partial charge in [0.25, 0.3) is 5.91 Å². The first-order chi connectivity index (χ1) is 8.17. The van der Waals surface area contributed by atoms with Gasteiger partial charge in [-0.05, 0) is 17.7 Å². The molecule has 0 aliphatic heterocycles. The van der Waals surface area contributed by atoms with Crippen LogP contribution in [0.2, 0.25) is 0 Å². The third kappa shape index (κ3) is 4.82. The molecule has 1 amide bonds. The van der Waals surface area contributed by atoms with Crippen molar-refractivity contribution < 1.29 is 14.3 Å². The highest BCUT2D eigenvalue weighted by molar-refractivity contribution is 9.10. The van der Waals surface area contributed by atoms with Crippen LogP contribution in [0.3, 0.4) is 0 Å². The molecule has 1 aromatic carbocycles. The Morgan fingerprint density at radius 1 is 1.59 bits per heavy atom. The van der Waals surface area contributed by atoms with Crippen molar-refractivity contribution in [2.45, 2.75) is 12.7 Å². The molecule has 0 aliphatic rings. The van der Waals surface area contributed by atoms with Gasteiger partial charge < -0.3 is 9.47 Å². The lowest BCUT2D eigenvalue weighted by Crippen LogP contribution is -2.42. The van der Waals surface area contributed by atoms with Gasteiger partial charge >= 0.3 is 0 Å². The lowest BCUT2D eigenvalue weighted by molar-refractivity contribution is -0.137. The van der Waals surface area contributed by atoms with E-state index in [1.165, 1.54) is 7.11 Å². The van der Waals surface area contributed by atoms with E-state index in [1.54, 1.807) is 0 Å². The van der Waals surface area contributed by atoms with Gasteiger partial charge in [-0.3, -0.25) is 10.2 Å². The highest BCUT2D eigenvalue weighted by Gasteiger charge is 2.17. The Bertz CT molecular complexity index is 373. The molecule has 1 aromatic rings. The number of ether oxygens (including phenoxy) is 2. The first-order valence-electron chi connectivity index (χ1n) is 5.02. The smallest absolute Gasteiger partial charge is 0.265 e. The van der Waals surface area contributed by atoms with Crippen LogP contribution < -0.4 is 11.3 Å². The summed E-state index contributed by atoms with van der Waals surface area (Å²) < 4.78 is 11.3. The maximum atomic E-state index is 11.3. The molecule has 3 N–H and O–H groups in total. The molecular weight excluding hydrogens is 288 g/mol. The van der Waals surface area contributed by atoms with Gasteiger partial charge in [0, 0.05) is 11.6 Å². The minimum absolute atomic E-state index is 0.164. The molecule has 5 nitrogen and oxygen atoms in total. The van der Waals surface area contributed by atoms with Crippen LogP contribution in [0.4, 0.5) is 0 Å². The normalized spacial score (nSPS) is 12.2. The minimum atomic E-state index is -0.705. The van der Waals surface area contributed by atoms with E-state index in [-0.39, 0.29) is 6.61 Å². The summed E-state index contributed by atoms with van der Waals surface area (Å²) in [5.74, 6) is 4.65. The topological polar surface area (TPSA) is 73.6 Å². The first-order valence-corrected chi connectivity index (χ1v) is 5.82. The van der Waals surface area contributed by atoms with Crippen molar-refractivity contribution >= 4 is 21.8 Å². The lowest BCUT2D eigenvalue weighted by atomic mass is 10.2. The van der Waals surface area contributed by atoms with Crippen molar-refractivity contribution in [3.63, 3.8) is 0 Å². The Kier molecular flexibility index (Phi) is 6.13. The fourth-order valence-electron chi connectivity index (χ4n) is 1.27. The number of hydrogen-bond donors (Lipinski definition) is 2. The van der Waals surface area contributed by atoms with Crippen LogP contribution in [-0.4, -0.2) is 25.7 Å². The van der Waals surface area contributed by atoms with Crippen LogP contribution in [0.15, 0.2) is 28.7 Å². The van der Waals surface area contributed by atoms with Gasteiger partial charge in [0.15, 0.2) is 6.10 Å². The van der Waals surface area contributed by atoms with E-state index in [1.807, 2.05) is 29.7 Å². The molecule has 0 bridgehead atoms. The van der Waals surface area contributed by atoms with Crippen molar-refractivity contribution in [1.29, 1.82) is 0 Å². The predicted octanol–water partition coefficient (Wildman–Crippen LogP) is 0.971. The maximum Gasteiger partial charge on any atom is 0.265 e. The molecule has 0 heterocycles. The molecule has 0 radical (unpaired) electrons. The molecule has 0 saturated carbocycles. The second kappa shape index (κ2) is 7.39. The Morgan fingerprint density at radius 2 is 2.35 bits per heavy atom. The van der Waals surface area contributed by atoms with Gasteiger partial charge in [-0.1, -0.05) is 28.1 Å². The second-order valence-corrected chi connectivity index (χ2v) is 4.31. The summed E-state index contributed by atoms with van der Waals surface area (Å²) >= 11 is 3.36. The van der Waals surface area contributed by atoms with Crippen molar-refractivity contribution in [1.82, 2.24) is 5.43 Å². The number of rotatable bonds is 6.